The SMILES string of the molecule is CC(=O)NCc1nnc(SCc2ccc(F)cc2)n1-c1cc(Cl)ccc1Cl. The van der Waals surface area contributed by atoms with Crippen LogP contribution in [0.25, 0.3) is 5.69 Å². The van der Waals surface area contributed by atoms with E-state index in [2.05, 4.69) is 15.5 Å². The first-order chi connectivity index (χ1) is 12.9. The van der Waals surface area contributed by atoms with Crippen LogP contribution in [-0.4, -0.2) is 20.7 Å². The van der Waals surface area contributed by atoms with Crippen molar-refractivity contribution < 1.29 is 9.18 Å². The Bertz CT molecular complexity index is 962. The minimum absolute atomic E-state index is 0.178. The van der Waals surface area contributed by atoms with Crippen molar-refractivity contribution >= 4 is 40.9 Å². The van der Waals surface area contributed by atoms with Crippen LogP contribution in [0.15, 0.2) is 47.6 Å². The summed E-state index contributed by atoms with van der Waals surface area (Å²) >= 11 is 13.9. The van der Waals surface area contributed by atoms with Crippen LogP contribution in [0.2, 0.25) is 10.0 Å². The van der Waals surface area contributed by atoms with Crippen molar-refractivity contribution in [2.45, 2.75) is 24.4 Å². The fourth-order valence-corrected chi connectivity index (χ4v) is 3.63. The van der Waals surface area contributed by atoms with Gasteiger partial charge in [-0.05, 0) is 35.9 Å². The van der Waals surface area contributed by atoms with Crippen molar-refractivity contribution in [1.82, 2.24) is 20.1 Å². The number of hydrogen-bond acceptors (Lipinski definition) is 4. The first-order valence-electron chi connectivity index (χ1n) is 7.95. The molecule has 140 valence electrons. The summed E-state index contributed by atoms with van der Waals surface area (Å²) in [5.41, 5.74) is 1.56. The summed E-state index contributed by atoms with van der Waals surface area (Å²) in [5.74, 6) is 0.630. The monoisotopic (exact) mass is 424 g/mol. The second-order valence-corrected chi connectivity index (χ2v) is 7.44. The molecule has 0 spiro atoms. The van der Waals surface area contributed by atoms with Crippen LogP contribution in [0.4, 0.5) is 4.39 Å². The number of aromatic nitrogens is 3. The largest absolute Gasteiger partial charge is 0.349 e. The van der Waals surface area contributed by atoms with E-state index in [-0.39, 0.29) is 18.3 Å². The minimum atomic E-state index is -0.282. The summed E-state index contributed by atoms with van der Waals surface area (Å²) in [6, 6.07) is 11.4. The number of nitrogens with zero attached hydrogens (tertiary/aromatic N) is 3. The first kappa shape index (κ1) is 19.7. The van der Waals surface area contributed by atoms with Crippen molar-refractivity contribution in [3.8, 4) is 5.69 Å². The lowest BCUT2D eigenvalue weighted by atomic mass is 10.2. The number of nitrogens with one attached hydrogen (secondary N) is 1. The Morgan fingerprint density at radius 3 is 2.63 bits per heavy atom. The predicted molar refractivity (Wildman–Crippen MR) is 105 cm³/mol. The molecular weight excluding hydrogens is 410 g/mol. The second-order valence-electron chi connectivity index (χ2n) is 5.65. The van der Waals surface area contributed by atoms with Gasteiger partial charge in [0.1, 0.15) is 5.82 Å². The lowest BCUT2D eigenvalue weighted by Gasteiger charge is -2.12. The van der Waals surface area contributed by atoms with Crippen LogP contribution >= 0.6 is 35.0 Å². The smallest absolute Gasteiger partial charge is 0.217 e. The Morgan fingerprint density at radius 1 is 1.19 bits per heavy atom. The summed E-state index contributed by atoms with van der Waals surface area (Å²) in [7, 11) is 0. The third-order valence-electron chi connectivity index (χ3n) is 3.63. The number of hydrogen-bond donors (Lipinski definition) is 1. The zero-order valence-electron chi connectivity index (χ0n) is 14.2. The van der Waals surface area contributed by atoms with Crippen LogP contribution in [-0.2, 0) is 17.1 Å². The van der Waals surface area contributed by atoms with Crippen molar-refractivity contribution in [3.63, 3.8) is 0 Å². The highest BCUT2D eigenvalue weighted by atomic mass is 35.5. The van der Waals surface area contributed by atoms with Gasteiger partial charge in [0.2, 0.25) is 5.91 Å². The van der Waals surface area contributed by atoms with E-state index >= 15 is 0 Å². The number of halogens is 3. The summed E-state index contributed by atoms with van der Waals surface area (Å²) < 4.78 is 14.8. The number of benzene rings is 2. The number of amides is 1. The predicted octanol–water partition coefficient (Wildman–Crippen LogP) is 4.64. The van der Waals surface area contributed by atoms with E-state index in [1.165, 1.54) is 30.8 Å². The van der Waals surface area contributed by atoms with Gasteiger partial charge in [-0.1, -0.05) is 47.1 Å². The molecule has 0 aliphatic rings. The quantitative estimate of drug-likeness (QED) is 0.585. The first-order valence-corrected chi connectivity index (χ1v) is 9.69. The van der Waals surface area contributed by atoms with Gasteiger partial charge in [0.15, 0.2) is 11.0 Å². The molecule has 0 saturated carbocycles. The molecule has 27 heavy (non-hydrogen) atoms. The van der Waals surface area contributed by atoms with Crippen LogP contribution < -0.4 is 5.32 Å². The maximum absolute atomic E-state index is 13.1. The standard InChI is InChI=1S/C18H15Cl2FN4OS/c1-11(26)22-9-17-23-24-18(27-10-12-2-5-14(21)6-3-12)25(17)16-8-13(19)4-7-15(16)20/h2-8H,9-10H2,1H3,(H,22,26). The molecule has 0 bridgehead atoms. The van der Waals surface area contributed by atoms with Gasteiger partial charge in [-0.15, -0.1) is 10.2 Å². The van der Waals surface area contributed by atoms with Gasteiger partial charge >= 0.3 is 0 Å². The molecule has 2 aromatic carbocycles. The van der Waals surface area contributed by atoms with E-state index < -0.39 is 0 Å². The topological polar surface area (TPSA) is 59.8 Å². The fourth-order valence-electron chi connectivity index (χ4n) is 2.34. The Balaban J connectivity index is 1.94. The van der Waals surface area contributed by atoms with Gasteiger partial charge in [-0.25, -0.2) is 4.39 Å². The van der Waals surface area contributed by atoms with E-state index in [0.29, 0.717) is 32.5 Å². The highest BCUT2D eigenvalue weighted by Crippen LogP contribution is 2.30. The number of thioether (sulfide) groups is 1. The molecule has 1 aromatic heterocycles. The van der Waals surface area contributed by atoms with Crippen molar-refractivity contribution in [2.75, 3.05) is 0 Å². The molecule has 5 nitrogen and oxygen atoms in total. The summed E-state index contributed by atoms with van der Waals surface area (Å²) in [6.45, 7) is 1.62. The molecule has 0 aliphatic heterocycles. The number of carbonyl (C=O) groups is 1. The maximum atomic E-state index is 13.1. The molecule has 1 N–H and O–H groups in total. The Hall–Kier alpha value is -2.09. The highest BCUT2D eigenvalue weighted by Gasteiger charge is 2.17. The Labute approximate surface area is 169 Å². The molecule has 1 heterocycles. The van der Waals surface area contributed by atoms with Crippen molar-refractivity contribution in [3.05, 3.63) is 69.7 Å². The van der Waals surface area contributed by atoms with Gasteiger partial charge in [-0.2, -0.15) is 0 Å². The average Bonchev–Trinajstić information content (AvgIpc) is 3.04. The van der Waals surface area contributed by atoms with Gasteiger partial charge in [0.25, 0.3) is 0 Å². The van der Waals surface area contributed by atoms with Crippen LogP contribution in [0.5, 0.6) is 0 Å². The van der Waals surface area contributed by atoms with Gasteiger partial charge < -0.3 is 5.32 Å². The summed E-state index contributed by atoms with van der Waals surface area (Å²) in [5, 5.41) is 12.7. The van der Waals surface area contributed by atoms with E-state index in [0.717, 1.165) is 5.56 Å². The van der Waals surface area contributed by atoms with Gasteiger partial charge in [-0.3, -0.25) is 9.36 Å². The second kappa shape index (κ2) is 8.73. The van der Waals surface area contributed by atoms with Gasteiger partial charge in [0, 0.05) is 17.7 Å². The molecule has 1 amide bonds. The summed E-state index contributed by atoms with van der Waals surface area (Å²) in [6.07, 6.45) is 0. The molecule has 0 atom stereocenters. The van der Waals surface area contributed by atoms with Crippen LogP contribution in [0.3, 0.4) is 0 Å². The molecule has 3 rings (SSSR count). The highest BCUT2D eigenvalue weighted by molar-refractivity contribution is 7.98. The van der Waals surface area contributed by atoms with E-state index in [4.69, 9.17) is 23.2 Å². The van der Waals surface area contributed by atoms with E-state index in [9.17, 15) is 9.18 Å². The Morgan fingerprint density at radius 2 is 1.93 bits per heavy atom. The third kappa shape index (κ3) is 5.00. The van der Waals surface area contributed by atoms with Crippen molar-refractivity contribution in [2.24, 2.45) is 0 Å². The van der Waals surface area contributed by atoms with Crippen LogP contribution in [0.1, 0.15) is 18.3 Å². The molecule has 0 radical (unpaired) electrons. The molecule has 0 saturated heterocycles. The number of rotatable bonds is 6. The Kier molecular flexibility index (Phi) is 6.36. The molecule has 3 aromatic rings. The number of carbonyl (C=O) groups excluding carboxylic acids is 1. The molecule has 9 heteroatoms. The van der Waals surface area contributed by atoms with Crippen LogP contribution in [0, 0.1) is 5.82 Å². The lowest BCUT2D eigenvalue weighted by molar-refractivity contribution is -0.119. The fraction of sp³-hybridized carbons (Fsp3) is 0.167. The maximum Gasteiger partial charge on any atom is 0.217 e. The zero-order chi connectivity index (χ0) is 19.4. The van der Waals surface area contributed by atoms with E-state index in [1.807, 2.05) is 0 Å². The average molecular weight is 425 g/mol. The lowest BCUT2D eigenvalue weighted by Crippen LogP contribution is -2.21. The minimum Gasteiger partial charge on any atom is -0.349 e. The zero-order valence-corrected chi connectivity index (χ0v) is 16.6. The normalized spacial score (nSPS) is 10.8. The third-order valence-corrected chi connectivity index (χ3v) is 5.18. The van der Waals surface area contributed by atoms with Crippen molar-refractivity contribution in [1.29, 1.82) is 0 Å². The van der Waals surface area contributed by atoms with Gasteiger partial charge in [0.05, 0.1) is 17.3 Å². The molecule has 0 unspecified atom stereocenters. The summed E-state index contributed by atoms with van der Waals surface area (Å²) in [4.78, 5) is 11.3. The molecule has 0 fully saturated rings. The molecular formula is C18H15Cl2FN4OS. The molecule has 0 aliphatic carbocycles. The van der Waals surface area contributed by atoms with E-state index in [1.54, 1.807) is 34.9 Å².